The van der Waals surface area contributed by atoms with Crippen LogP contribution in [0.15, 0.2) is 48.1 Å². The second-order valence-corrected chi connectivity index (χ2v) is 7.40. The van der Waals surface area contributed by atoms with Crippen LogP contribution >= 0.6 is 11.3 Å². The maximum Gasteiger partial charge on any atom is 0.259 e. The lowest BCUT2D eigenvalue weighted by Crippen LogP contribution is -2.15. The van der Waals surface area contributed by atoms with Crippen LogP contribution in [-0.2, 0) is 0 Å². The third-order valence-corrected chi connectivity index (χ3v) is 5.16. The molecule has 2 aromatic heterocycles. The Hall–Kier alpha value is -3.39. The molecule has 0 radical (unpaired) electrons. The number of hydrogen-bond donors (Lipinski definition) is 1. The largest absolute Gasteiger partial charge is 0.298 e. The zero-order chi connectivity index (χ0) is 19.7. The normalized spacial score (nSPS) is 10.8. The summed E-state index contributed by atoms with van der Waals surface area (Å²) in [6, 6.07) is 11.4. The fourth-order valence-corrected chi connectivity index (χ4v) is 4.03. The van der Waals surface area contributed by atoms with Crippen LogP contribution in [0.5, 0.6) is 0 Å². The molecule has 2 aromatic carbocycles. The fourth-order valence-electron chi connectivity index (χ4n) is 3.33. The minimum Gasteiger partial charge on any atom is -0.298 e. The molecular formula is C20H18N6OS. The Morgan fingerprint density at radius 1 is 1.11 bits per heavy atom. The van der Waals surface area contributed by atoms with Gasteiger partial charge in [-0.15, -0.1) is 16.4 Å². The van der Waals surface area contributed by atoms with E-state index in [1.54, 1.807) is 18.2 Å². The Balaban J connectivity index is 1.62. The van der Waals surface area contributed by atoms with E-state index >= 15 is 0 Å². The number of tetrazole rings is 1. The number of carbonyl (C=O) groups is 1. The zero-order valence-corrected chi connectivity index (χ0v) is 16.5. The van der Waals surface area contributed by atoms with Crippen LogP contribution in [0.1, 0.15) is 27.0 Å². The Morgan fingerprint density at radius 2 is 1.86 bits per heavy atom. The number of para-hydroxylation sites is 1. The van der Waals surface area contributed by atoms with E-state index in [1.807, 2.05) is 11.4 Å². The Labute approximate surface area is 166 Å². The fraction of sp³-hybridized carbons (Fsp3) is 0.150. The van der Waals surface area contributed by atoms with Crippen molar-refractivity contribution in [1.82, 2.24) is 25.2 Å². The first kappa shape index (κ1) is 18.0. The van der Waals surface area contributed by atoms with Crippen molar-refractivity contribution in [3.05, 3.63) is 70.4 Å². The molecule has 1 amide bonds. The molecule has 0 fully saturated rings. The second kappa shape index (κ2) is 7.32. The van der Waals surface area contributed by atoms with Crippen LogP contribution < -0.4 is 5.32 Å². The summed E-state index contributed by atoms with van der Waals surface area (Å²) in [6.45, 7) is 6.24. The molecule has 140 valence electrons. The van der Waals surface area contributed by atoms with Crippen LogP contribution in [0, 0.1) is 20.8 Å². The number of aromatic nitrogens is 5. The van der Waals surface area contributed by atoms with Crippen molar-refractivity contribution in [3.8, 4) is 16.9 Å². The summed E-state index contributed by atoms with van der Waals surface area (Å²) >= 11 is 1.40. The van der Waals surface area contributed by atoms with E-state index in [-0.39, 0.29) is 5.91 Å². The molecule has 0 unspecified atom stereocenters. The SMILES string of the molecule is Cc1cc(C)c(-c2csc(NC(=O)c3ccccc3-n3cnnn3)n2)c(C)c1. The molecule has 0 aliphatic heterocycles. The monoisotopic (exact) mass is 390 g/mol. The maximum absolute atomic E-state index is 12.8. The summed E-state index contributed by atoms with van der Waals surface area (Å²) in [5, 5.41) is 16.5. The van der Waals surface area contributed by atoms with Gasteiger partial charge in [0.05, 0.1) is 16.9 Å². The lowest BCUT2D eigenvalue weighted by Gasteiger charge is -2.09. The van der Waals surface area contributed by atoms with Gasteiger partial charge in [-0.25, -0.2) is 4.98 Å². The topological polar surface area (TPSA) is 85.6 Å². The molecule has 0 saturated carbocycles. The van der Waals surface area contributed by atoms with E-state index in [9.17, 15) is 4.79 Å². The highest BCUT2D eigenvalue weighted by atomic mass is 32.1. The quantitative estimate of drug-likeness (QED) is 0.570. The smallest absolute Gasteiger partial charge is 0.259 e. The number of anilines is 1. The summed E-state index contributed by atoms with van der Waals surface area (Å²) in [5.41, 5.74) is 6.61. The summed E-state index contributed by atoms with van der Waals surface area (Å²) in [4.78, 5) is 17.5. The van der Waals surface area contributed by atoms with Gasteiger partial charge in [0.1, 0.15) is 6.33 Å². The predicted octanol–water partition coefficient (Wildman–Crippen LogP) is 3.96. The first-order chi connectivity index (χ1) is 13.5. The van der Waals surface area contributed by atoms with Crippen LogP contribution in [-0.4, -0.2) is 31.1 Å². The van der Waals surface area contributed by atoms with Crippen molar-refractivity contribution in [2.24, 2.45) is 0 Å². The van der Waals surface area contributed by atoms with Crippen LogP contribution in [0.4, 0.5) is 5.13 Å². The van der Waals surface area contributed by atoms with E-state index in [1.165, 1.54) is 39.0 Å². The third-order valence-electron chi connectivity index (χ3n) is 4.40. The number of carbonyl (C=O) groups excluding carboxylic acids is 1. The van der Waals surface area contributed by atoms with E-state index in [0.717, 1.165) is 11.3 Å². The predicted molar refractivity (Wildman–Crippen MR) is 109 cm³/mol. The number of aryl methyl sites for hydroxylation is 3. The highest BCUT2D eigenvalue weighted by molar-refractivity contribution is 7.14. The van der Waals surface area contributed by atoms with Crippen molar-refractivity contribution in [2.45, 2.75) is 20.8 Å². The molecule has 1 N–H and O–H groups in total. The third kappa shape index (κ3) is 3.41. The van der Waals surface area contributed by atoms with E-state index in [2.05, 4.69) is 58.7 Å². The van der Waals surface area contributed by atoms with E-state index in [0.29, 0.717) is 16.4 Å². The van der Waals surface area contributed by atoms with Gasteiger partial charge >= 0.3 is 0 Å². The first-order valence-corrected chi connectivity index (χ1v) is 9.58. The van der Waals surface area contributed by atoms with E-state index < -0.39 is 0 Å². The molecule has 0 aliphatic carbocycles. The molecule has 2 heterocycles. The minimum atomic E-state index is -0.260. The van der Waals surface area contributed by atoms with Crippen molar-refractivity contribution in [3.63, 3.8) is 0 Å². The number of nitrogens with one attached hydrogen (secondary N) is 1. The molecule has 0 spiro atoms. The lowest BCUT2D eigenvalue weighted by atomic mass is 9.98. The van der Waals surface area contributed by atoms with Gasteiger partial charge in [-0.1, -0.05) is 29.8 Å². The Kier molecular flexibility index (Phi) is 4.70. The zero-order valence-electron chi connectivity index (χ0n) is 15.7. The molecule has 0 aliphatic rings. The number of rotatable bonds is 4. The number of amides is 1. The number of nitrogens with zero attached hydrogens (tertiary/aromatic N) is 5. The number of hydrogen-bond acceptors (Lipinski definition) is 6. The van der Waals surface area contributed by atoms with Crippen molar-refractivity contribution < 1.29 is 4.79 Å². The highest BCUT2D eigenvalue weighted by Gasteiger charge is 2.16. The van der Waals surface area contributed by atoms with Gasteiger partial charge in [0.25, 0.3) is 5.91 Å². The standard InChI is InChI=1S/C20H18N6OS/c1-12-8-13(2)18(14(3)9-12)16-10-28-20(22-16)23-19(27)15-6-4-5-7-17(15)26-11-21-24-25-26/h4-11H,1-3H3,(H,22,23,27). The van der Waals surface area contributed by atoms with E-state index in [4.69, 9.17) is 0 Å². The molecule has 28 heavy (non-hydrogen) atoms. The molecule has 0 atom stereocenters. The molecule has 7 nitrogen and oxygen atoms in total. The Bertz CT molecular complexity index is 1130. The van der Waals surface area contributed by atoms with Gasteiger partial charge in [0.15, 0.2) is 5.13 Å². The molecule has 4 rings (SSSR count). The van der Waals surface area contributed by atoms with Crippen LogP contribution in [0.3, 0.4) is 0 Å². The van der Waals surface area contributed by atoms with Gasteiger partial charge in [-0.05, 0) is 54.5 Å². The average Bonchev–Trinajstić information content (AvgIpc) is 3.33. The molecular weight excluding hydrogens is 372 g/mol. The average molecular weight is 390 g/mol. The summed E-state index contributed by atoms with van der Waals surface area (Å²) in [5.74, 6) is -0.260. The van der Waals surface area contributed by atoms with Crippen molar-refractivity contribution in [1.29, 1.82) is 0 Å². The van der Waals surface area contributed by atoms with Gasteiger partial charge in [-0.2, -0.15) is 4.68 Å². The second-order valence-electron chi connectivity index (χ2n) is 6.54. The van der Waals surface area contributed by atoms with Gasteiger partial charge in [0.2, 0.25) is 0 Å². The Morgan fingerprint density at radius 3 is 2.57 bits per heavy atom. The number of thiazole rings is 1. The van der Waals surface area contributed by atoms with Crippen LogP contribution in [0.2, 0.25) is 0 Å². The van der Waals surface area contributed by atoms with Crippen LogP contribution in [0.25, 0.3) is 16.9 Å². The maximum atomic E-state index is 12.8. The summed E-state index contributed by atoms with van der Waals surface area (Å²) < 4.78 is 1.46. The molecule has 0 saturated heterocycles. The lowest BCUT2D eigenvalue weighted by molar-refractivity contribution is 0.102. The number of benzene rings is 2. The van der Waals surface area contributed by atoms with Gasteiger partial charge in [-0.3, -0.25) is 10.1 Å². The molecule has 8 heteroatoms. The summed E-state index contributed by atoms with van der Waals surface area (Å²) in [7, 11) is 0. The summed E-state index contributed by atoms with van der Waals surface area (Å²) in [6.07, 6.45) is 1.45. The van der Waals surface area contributed by atoms with Crippen molar-refractivity contribution in [2.75, 3.05) is 5.32 Å². The highest BCUT2D eigenvalue weighted by Crippen LogP contribution is 2.31. The molecule has 4 aromatic rings. The first-order valence-electron chi connectivity index (χ1n) is 8.70. The minimum absolute atomic E-state index is 0.260. The molecule has 0 bridgehead atoms. The van der Waals surface area contributed by atoms with Gasteiger partial charge < -0.3 is 0 Å². The van der Waals surface area contributed by atoms with Gasteiger partial charge in [0, 0.05) is 10.9 Å². The van der Waals surface area contributed by atoms with Crippen molar-refractivity contribution >= 4 is 22.4 Å².